The van der Waals surface area contributed by atoms with E-state index in [9.17, 15) is 30.3 Å². The molecule has 0 aromatic carbocycles. The van der Waals surface area contributed by atoms with Gasteiger partial charge >= 0.3 is 0 Å². The Hall–Kier alpha value is -2.89. The first-order chi connectivity index (χ1) is 38.3. The fraction of sp³-hybridized carbons (Fsp3) is 0.754. The topological polar surface area (TPSA) is 149 Å². The van der Waals surface area contributed by atoms with E-state index in [1.165, 1.54) is 154 Å². The number of amides is 1. The van der Waals surface area contributed by atoms with Crippen molar-refractivity contribution in [2.45, 2.75) is 320 Å². The van der Waals surface area contributed by atoms with Crippen LogP contribution in [0.3, 0.4) is 0 Å². The highest BCUT2D eigenvalue weighted by Gasteiger charge is 2.44. The number of unbranched alkanes of at least 4 members (excludes halogenated alkanes) is 31. The van der Waals surface area contributed by atoms with Crippen LogP contribution in [-0.2, 0) is 14.3 Å². The number of carbonyl (C=O) groups excluding carboxylic acids is 1. The van der Waals surface area contributed by atoms with Crippen molar-refractivity contribution in [2.75, 3.05) is 13.2 Å². The summed E-state index contributed by atoms with van der Waals surface area (Å²) in [6.45, 7) is 3.66. The Morgan fingerprint density at radius 1 is 0.449 bits per heavy atom. The molecular weight excluding hydrogens is 971 g/mol. The van der Waals surface area contributed by atoms with Gasteiger partial charge in [-0.25, -0.2) is 0 Å². The maximum atomic E-state index is 13.1. The summed E-state index contributed by atoms with van der Waals surface area (Å²) in [6, 6.07) is -0.839. The minimum Gasteiger partial charge on any atom is -0.394 e. The van der Waals surface area contributed by atoms with Crippen LogP contribution >= 0.6 is 0 Å². The largest absolute Gasteiger partial charge is 0.394 e. The van der Waals surface area contributed by atoms with Crippen LogP contribution in [0.2, 0.25) is 0 Å². The molecule has 0 spiro atoms. The first kappa shape index (κ1) is 73.1. The van der Waals surface area contributed by atoms with Crippen LogP contribution in [0.5, 0.6) is 0 Å². The zero-order valence-corrected chi connectivity index (χ0v) is 50.1. The lowest BCUT2D eigenvalue weighted by Gasteiger charge is -2.40. The van der Waals surface area contributed by atoms with Gasteiger partial charge in [-0.1, -0.05) is 284 Å². The number of aliphatic hydroxyl groups is 5. The van der Waals surface area contributed by atoms with Gasteiger partial charge in [-0.2, -0.15) is 0 Å². The highest BCUT2D eigenvalue weighted by atomic mass is 16.7. The number of rotatable bonds is 55. The Bertz CT molecular complexity index is 1550. The molecule has 7 unspecified atom stereocenters. The van der Waals surface area contributed by atoms with Gasteiger partial charge in [0.2, 0.25) is 5.91 Å². The lowest BCUT2D eigenvalue weighted by atomic mass is 9.99. The number of ether oxygens (including phenoxy) is 2. The highest BCUT2D eigenvalue weighted by molar-refractivity contribution is 5.76. The Balaban J connectivity index is 2.22. The van der Waals surface area contributed by atoms with Crippen molar-refractivity contribution in [3.8, 4) is 0 Å². The van der Waals surface area contributed by atoms with Crippen LogP contribution in [0.25, 0.3) is 0 Å². The average Bonchev–Trinajstić information content (AvgIpc) is 3.45. The summed E-state index contributed by atoms with van der Waals surface area (Å²) in [6.07, 6.45) is 76.4. The summed E-state index contributed by atoms with van der Waals surface area (Å²) < 4.78 is 11.3. The van der Waals surface area contributed by atoms with Gasteiger partial charge < -0.3 is 40.3 Å². The Morgan fingerprint density at radius 3 is 1.23 bits per heavy atom. The molecule has 1 rings (SSSR count). The van der Waals surface area contributed by atoms with Crippen LogP contribution in [0.15, 0.2) is 97.2 Å². The lowest BCUT2D eigenvalue weighted by Crippen LogP contribution is -2.60. The Kier molecular flexibility index (Phi) is 53.8. The Labute approximate surface area is 479 Å². The van der Waals surface area contributed by atoms with Crippen molar-refractivity contribution < 1.29 is 39.8 Å². The van der Waals surface area contributed by atoms with Gasteiger partial charge in [-0.3, -0.25) is 4.79 Å². The predicted octanol–water partition coefficient (Wildman–Crippen LogP) is 17.1. The number of aliphatic hydroxyl groups excluding tert-OH is 5. The van der Waals surface area contributed by atoms with Gasteiger partial charge in [0.25, 0.3) is 0 Å². The molecule has 0 aromatic rings. The third-order valence-electron chi connectivity index (χ3n) is 14.9. The smallest absolute Gasteiger partial charge is 0.220 e. The fourth-order valence-electron chi connectivity index (χ4n) is 9.83. The maximum Gasteiger partial charge on any atom is 0.220 e. The van der Waals surface area contributed by atoms with Crippen LogP contribution in [0.4, 0.5) is 0 Å². The second kappa shape index (κ2) is 57.3. The van der Waals surface area contributed by atoms with E-state index in [0.717, 1.165) is 103 Å². The summed E-state index contributed by atoms with van der Waals surface area (Å²) >= 11 is 0. The second-order valence-electron chi connectivity index (χ2n) is 22.2. The second-order valence-corrected chi connectivity index (χ2v) is 22.2. The molecule has 1 fully saturated rings. The van der Waals surface area contributed by atoms with Gasteiger partial charge in [0.1, 0.15) is 24.4 Å². The van der Waals surface area contributed by atoms with Crippen molar-refractivity contribution >= 4 is 5.91 Å². The van der Waals surface area contributed by atoms with Crippen LogP contribution in [0.1, 0.15) is 277 Å². The molecule has 6 N–H and O–H groups in total. The van der Waals surface area contributed by atoms with Gasteiger partial charge in [-0.15, -0.1) is 0 Å². The zero-order valence-electron chi connectivity index (χ0n) is 50.1. The molecule has 0 saturated carbocycles. The molecule has 7 atom stereocenters. The van der Waals surface area contributed by atoms with Gasteiger partial charge in [0.15, 0.2) is 6.29 Å². The molecule has 1 saturated heterocycles. The lowest BCUT2D eigenvalue weighted by molar-refractivity contribution is -0.302. The third-order valence-corrected chi connectivity index (χ3v) is 14.9. The summed E-state index contributed by atoms with van der Waals surface area (Å²) in [7, 11) is 0. The van der Waals surface area contributed by atoms with E-state index in [-0.39, 0.29) is 12.5 Å². The maximum absolute atomic E-state index is 13.1. The summed E-state index contributed by atoms with van der Waals surface area (Å²) in [4.78, 5) is 13.1. The van der Waals surface area contributed by atoms with E-state index < -0.39 is 49.5 Å². The number of allylic oxidation sites excluding steroid dienone is 15. The van der Waals surface area contributed by atoms with Crippen molar-refractivity contribution in [2.24, 2.45) is 0 Å². The molecular formula is C69H121NO8. The number of carbonyl (C=O) groups is 1. The Morgan fingerprint density at radius 2 is 0.808 bits per heavy atom. The molecule has 1 aliphatic rings. The molecule has 450 valence electrons. The zero-order chi connectivity index (χ0) is 56.5. The van der Waals surface area contributed by atoms with Gasteiger partial charge in [-0.05, 0) is 83.5 Å². The van der Waals surface area contributed by atoms with Gasteiger partial charge in [0, 0.05) is 6.42 Å². The van der Waals surface area contributed by atoms with Gasteiger partial charge in [0.05, 0.1) is 25.4 Å². The molecule has 0 aromatic heterocycles. The standard InChI is InChI=1S/C69H121NO8/c1-3-5-7-9-11-13-15-17-19-21-23-25-27-29-30-31-32-33-35-36-38-40-42-44-46-48-50-52-54-56-58-63(72)62(61-77-69-68(76)67(75)66(74)64(60-71)78-69)70-65(73)59-57-55-53-51-49-47-45-43-41-39-37-34-28-26-24-22-20-18-16-14-12-10-8-6-4-2/h6,8,12,14,18,20,24,26,34,37,41,43,48,50,56,58,62-64,66-69,71-72,74-76H,3-5,7,9-11,13,15-17,19,21-23,25,27-33,35-36,38-40,42,44-47,49,51-55,57,59-61H2,1-2H3,(H,70,73)/b8-6-,14-12-,20-18-,26-24-,37-34-,43-41-,50-48+,58-56+. The molecule has 0 radical (unpaired) electrons. The van der Waals surface area contributed by atoms with E-state index in [0.29, 0.717) is 6.42 Å². The van der Waals surface area contributed by atoms with Crippen molar-refractivity contribution in [3.63, 3.8) is 0 Å². The molecule has 9 heteroatoms. The summed E-state index contributed by atoms with van der Waals surface area (Å²) in [5.74, 6) is -0.203. The molecule has 0 bridgehead atoms. The number of hydrogen-bond donors (Lipinski definition) is 6. The van der Waals surface area contributed by atoms with E-state index >= 15 is 0 Å². The highest BCUT2D eigenvalue weighted by Crippen LogP contribution is 2.23. The van der Waals surface area contributed by atoms with E-state index in [4.69, 9.17) is 9.47 Å². The molecule has 1 aliphatic heterocycles. The monoisotopic (exact) mass is 1090 g/mol. The number of hydrogen-bond acceptors (Lipinski definition) is 8. The SMILES string of the molecule is CC/C=C\C/C=C\C/C=C\C/C=C\C/C=C\C/C=C\CCCCCCCCC(=O)NC(COC1OC(CO)C(O)C(O)C1O)C(O)/C=C/CC/C=C/CCCCCCCCCCCCCCCCCCCCCCCCCC. The summed E-state index contributed by atoms with van der Waals surface area (Å²) in [5, 5.41) is 54.6. The quantitative estimate of drug-likeness (QED) is 0.0261. The first-order valence-electron chi connectivity index (χ1n) is 32.5. The van der Waals surface area contributed by atoms with E-state index in [1.807, 2.05) is 6.08 Å². The molecule has 78 heavy (non-hydrogen) atoms. The van der Waals surface area contributed by atoms with Crippen LogP contribution in [0, 0.1) is 0 Å². The van der Waals surface area contributed by atoms with E-state index in [2.05, 4.69) is 104 Å². The minimum atomic E-state index is -1.58. The normalized spacial score (nSPS) is 19.3. The summed E-state index contributed by atoms with van der Waals surface area (Å²) in [5.41, 5.74) is 0. The van der Waals surface area contributed by atoms with E-state index in [1.54, 1.807) is 6.08 Å². The molecule has 9 nitrogen and oxygen atoms in total. The van der Waals surface area contributed by atoms with Crippen LogP contribution < -0.4 is 5.32 Å². The minimum absolute atomic E-state index is 0.203. The van der Waals surface area contributed by atoms with Crippen molar-refractivity contribution in [1.82, 2.24) is 5.32 Å². The molecule has 1 amide bonds. The van der Waals surface area contributed by atoms with Crippen molar-refractivity contribution in [1.29, 1.82) is 0 Å². The molecule has 1 heterocycles. The predicted molar refractivity (Wildman–Crippen MR) is 331 cm³/mol. The van der Waals surface area contributed by atoms with Crippen LogP contribution in [-0.4, -0.2) is 87.5 Å². The first-order valence-corrected chi connectivity index (χ1v) is 32.5. The fourth-order valence-corrected chi connectivity index (χ4v) is 9.83. The third kappa shape index (κ3) is 45.8. The average molecular weight is 1090 g/mol. The number of nitrogens with one attached hydrogen (secondary N) is 1. The van der Waals surface area contributed by atoms with Crippen molar-refractivity contribution in [3.05, 3.63) is 97.2 Å². The molecule has 0 aliphatic carbocycles.